The summed E-state index contributed by atoms with van der Waals surface area (Å²) in [5, 5.41) is 6.96. The Morgan fingerprint density at radius 2 is 2.05 bits per heavy atom. The SMILES string of the molecule is COc1ccc2c(c1N1CCCNCC1)CNCC2. The molecule has 0 saturated carbocycles. The highest BCUT2D eigenvalue weighted by Crippen LogP contribution is 2.36. The summed E-state index contributed by atoms with van der Waals surface area (Å²) >= 11 is 0. The van der Waals surface area contributed by atoms with Crippen molar-refractivity contribution in [3.8, 4) is 5.75 Å². The van der Waals surface area contributed by atoms with E-state index in [2.05, 4.69) is 27.7 Å². The molecule has 2 N–H and O–H groups in total. The lowest BCUT2D eigenvalue weighted by Gasteiger charge is -2.30. The second kappa shape index (κ2) is 5.80. The van der Waals surface area contributed by atoms with Gasteiger partial charge in [0.1, 0.15) is 5.75 Å². The van der Waals surface area contributed by atoms with E-state index in [1.54, 1.807) is 7.11 Å². The Balaban J connectivity index is 2.00. The van der Waals surface area contributed by atoms with E-state index in [1.807, 2.05) is 0 Å². The van der Waals surface area contributed by atoms with Crippen LogP contribution in [0, 0.1) is 0 Å². The summed E-state index contributed by atoms with van der Waals surface area (Å²) in [4.78, 5) is 2.49. The number of nitrogens with one attached hydrogen (secondary N) is 2. The number of methoxy groups -OCH3 is 1. The van der Waals surface area contributed by atoms with Crippen LogP contribution >= 0.6 is 0 Å². The van der Waals surface area contributed by atoms with Gasteiger partial charge in [-0.3, -0.25) is 0 Å². The summed E-state index contributed by atoms with van der Waals surface area (Å²) in [7, 11) is 1.78. The molecule has 0 atom stereocenters. The van der Waals surface area contributed by atoms with Crippen molar-refractivity contribution >= 4 is 5.69 Å². The molecule has 0 bridgehead atoms. The molecule has 4 nitrogen and oxygen atoms in total. The lowest BCUT2D eigenvalue weighted by Crippen LogP contribution is -2.32. The molecule has 2 heterocycles. The number of hydrogen-bond acceptors (Lipinski definition) is 4. The molecule has 0 spiro atoms. The van der Waals surface area contributed by atoms with E-state index in [0.29, 0.717) is 0 Å². The minimum absolute atomic E-state index is 0.964. The average Bonchev–Trinajstić information content (AvgIpc) is 2.75. The molecule has 0 amide bonds. The minimum Gasteiger partial charge on any atom is -0.495 e. The summed E-state index contributed by atoms with van der Waals surface area (Å²) in [5.41, 5.74) is 4.23. The van der Waals surface area contributed by atoms with Crippen LogP contribution in [0.5, 0.6) is 5.75 Å². The van der Waals surface area contributed by atoms with Crippen molar-refractivity contribution in [2.24, 2.45) is 0 Å². The summed E-state index contributed by atoms with van der Waals surface area (Å²) in [6.07, 6.45) is 2.32. The summed E-state index contributed by atoms with van der Waals surface area (Å²) in [5.74, 6) is 1.02. The lowest BCUT2D eigenvalue weighted by atomic mass is 9.97. The topological polar surface area (TPSA) is 36.5 Å². The van der Waals surface area contributed by atoms with Crippen LogP contribution in [0.2, 0.25) is 0 Å². The van der Waals surface area contributed by atoms with E-state index in [-0.39, 0.29) is 0 Å². The smallest absolute Gasteiger partial charge is 0.142 e. The largest absolute Gasteiger partial charge is 0.495 e. The summed E-state index contributed by atoms with van der Waals surface area (Å²) in [6.45, 7) is 6.39. The van der Waals surface area contributed by atoms with Gasteiger partial charge in [0.25, 0.3) is 0 Å². The maximum atomic E-state index is 5.62. The molecule has 1 saturated heterocycles. The van der Waals surface area contributed by atoms with Crippen LogP contribution in [0.3, 0.4) is 0 Å². The van der Waals surface area contributed by atoms with E-state index in [0.717, 1.165) is 51.4 Å². The first-order valence-corrected chi connectivity index (χ1v) is 7.25. The van der Waals surface area contributed by atoms with Crippen LogP contribution < -0.4 is 20.3 Å². The molecule has 104 valence electrons. The first-order chi connectivity index (χ1) is 9.40. The second-order valence-electron chi connectivity index (χ2n) is 5.27. The Bertz CT molecular complexity index is 439. The Morgan fingerprint density at radius 3 is 2.95 bits per heavy atom. The normalized spacial score (nSPS) is 19.7. The quantitative estimate of drug-likeness (QED) is 0.837. The van der Waals surface area contributed by atoms with Crippen molar-refractivity contribution in [1.82, 2.24) is 10.6 Å². The van der Waals surface area contributed by atoms with Crippen molar-refractivity contribution in [2.75, 3.05) is 44.7 Å². The fourth-order valence-electron chi connectivity index (χ4n) is 3.11. The average molecular weight is 261 g/mol. The predicted molar refractivity (Wildman–Crippen MR) is 78.1 cm³/mol. The van der Waals surface area contributed by atoms with E-state index in [4.69, 9.17) is 4.74 Å². The third-order valence-electron chi connectivity index (χ3n) is 4.09. The molecule has 2 aliphatic heterocycles. The van der Waals surface area contributed by atoms with Crippen molar-refractivity contribution in [2.45, 2.75) is 19.4 Å². The van der Waals surface area contributed by atoms with Gasteiger partial charge in [-0.15, -0.1) is 0 Å². The summed E-state index contributed by atoms with van der Waals surface area (Å²) in [6, 6.07) is 4.37. The number of anilines is 1. The number of fused-ring (bicyclic) bond motifs is 1. The van der Waals surface area contributed by atoms with Crippen LogP contribution in [-0.4, -0.2) is 39.8 Å². The number of ether oxygens (including phenoxy) is 1. The van der Waals surface area contributed by atoms with Gasteiger partial charge in [-0.1, -0.05) is 6.07 Å². The lowest BCUT2D eigenvalue weighted by molar-refractivity contribution is 0.413. The van der Waals surface area contributed by atoms with Gasteiger partial charge >= 0.3 is 0 Å². The van der Waals surface area contributed by atoms with Crippen LogP contribution in [0.15, 0.2) is 12.1 Å². The zero-order chi connectivity index (χ0) is 13.1. The highest BCUT2D eigenvalue weighted by atomic mass is 16.5. The molecule has 0 radical (unpaired) electrons. The zero-order valence-electron chi connectivity index (χ0n) is 11.7. The molecule has 1 fully saturated rings. The van der Waals surface area contributed by atoms with Crippen molar-refractivity contribution in [1.29, 1.82) is 0 Å². The molecule has 0 aliphatic carbocycles. The Morgan fingerprint density at radius 1 is 1.11 bits per heavy atom. The molecule has 19 heavy (non-hydrogen) atoms. The van der Waals surface area contributed by atoms with Crippen LogP contribution in [0.1, 0.15) is 17.5 Å². The molecule has 1 aromatic rings. The Labute approximate surface area is 115 Å². The van der Waals surface area contributed by atoms with Gasteiger partial charge in [-0.2, -0.15) is 0 Å². The van der Waals surface area contributed by atoms with E-state index in [9.17, 15) is 0 Å². The molecule has 0 unspecified atom stereocenters. The van der Waals surface area contributed by atoms with Gasteiger partial charge in [0.2, 0.25) is 0 Å². The Hall–Kier alpha value is -1.26. The standard InChI is InChI=1S/C15H23N3O/c1-19-14-4-3-12-5-7-17-11-13(12)15(14)18-9-2-6-16-8-10-18/h3-4,16-17H,2,5-11H2,1H3. The Kier molecular flexibility index (Phi) is 3.89. The third kappa shape index (κ3) is 2.55. The van der Waals surface area contributed by atoms with Crippen LogP contribution in [-0.2, 0) is 13.0 Å². The van der Waals surface area contributed by atoms with Gasteiger partial charge < -0.3 is 20.3 Å². The molecule has 2 aliphatic rings. The van der Waals surface area contributed by atoms with E-state index < -0.39 is 0 Å². The molecular weight excluding hydrogens is 238 g/mol. The second-order valence-corrected chi connectivity index (χ2v) is 5.27. The summed E-state index contributed by atoms with van der Waals surface area (Å²) < 4.78 is 5.62. The number of nitrogens with zero attached hydrogens (tertiary/aromatic N) is 1. The van der Waals surface area contributed by atoms with Gasteiger partial charge in [-0.05, 0) is 43.1 Å². The van der Waals surface area contributed by atoms with Crippen LogP contribution in [0.25, 0.3) is 0 Å². The molecule has 1 aromatic carbocycles. The molecular formula is C15H23N3O. The van der Waals surface area contributed by atoms with Gasteiger partial charge in [0.05, 0.1) is 12.8 Å². The molecule has 3 rings (SSSR count). The minimum atomic E-state index is 0.964. The van der Waals surface area contributed by atoms with E-state index >= 15 is 0 Å². The van der Waals surface area contributed by atoms with Crippen molar-refractivity contribution in [3.05, 3.63) is 23.3 Å². The maximum absolute atomic E-state index is 5.62. The van der Waals surface area contributed by atoms with Crippen molar-refractivity contribution < 1.29 is 4.74 Å². The number of rotatable bonds is 2. The predicted octanol–water partition coefficient (Wildman–Crippen LogP) is 1.14. The van der Waals surface area contributed by atoms with Gasteiger partial charge in [-0.25, -0.2) is 0 Å². The third-order valence-corrected chi connectivity index (χ3v) is 4.09. The monoisotopic (exact) mass is 261 g/mol. The maximum Gasteiger partial charge on any atom is 0.142 e. The number of hydrogen-bond donors (Lipinski definition) is 2. The molecule has 4 heteroatoms. The fourth-order valence-corrected chi connectivity index (χ4v) is 3.11. The molecule has 0 aromatic heterocycles. The fraction of sp³-hybridized carbons (Fsp3) is 0.600. The van der Waals surface area contributed by atoms with Gasteiger partial charge in [0.15, 0.2) is 0 Å². The first kappa shape index (κ1) is 12.8. The van der Waals surface area contributed by atoms with E-state index in [1.165, 1.54) is 23.2 Å². The van der Waals surface area contributed by atoms with Crippen molar-refractivity contribution in [3.63, 3.8) is 0 Å². The van der Waals surface area contributed by atoms with Gasteiger partial charge in [0, 0.05) is 26.2 Å². The number of benzene rings is 1. The first-order valence-electron chi connectivity index (χ1n) is 7.25. The highest BCUT2D eigenvalue weighted by Gasteiger charge is 2.22. The van der Waals surface area contributed by atoms with Crippen LogP contribution in [0.4, 0.5) is 5.69 Å². The highest BCUT2D eigenvalue weighted by molar-refractivity contribution is 5.67. The zero-order valence-corrected chi connectivity index (χ0v) is 11.7.